The van der Waals surface area contributed by atoms with Crippen molar-refractivity contribution in [2.24, 2.45) is 0 Å². The number of nitrogens with zero attached hydrogens (tertiary/aromatic N) is 6. The first-order valence-electron chi connectivity index (χ1n) is 27.6. The zero-order valence-electron chi connectivity index (χ0n) is 47.1. The average Bonchev–Trinajstić information content (AvgIpc) is 2.19. The molecular formula is C63H67B2F3N6O8Si. The predicted octanol–water partition coefficient (Wildman–Crippen LogP) is 4.00. The highest BCUT2D eigenvalue weighted by atomic mass is 28.3. The van der Waals surface area contributed by atoms with E-state index in [2.05, 4.69) is 139 Å². The molecule has 4 N–H and O–H groups in total. The van der Waals surface area contributed by atoms with Crippen molar-refractivity contribution in [1.82, 2.24) is 19.6 Å². The Morgan fingerprint density at radius 3 is 1.67 bits per heavy atom. The second-order valence-corrected chi connectivity index (χ2v) is 26.4. The Bertz CT molecular complexity index is 3660. The van der Waals surface area contributed by atoms with Crippen LogP contribution < -0.4 is 26.1 Å². The molecule has 83 heavy (non-hydrogen) atoms. The Morgan fingerprint density at radius 2 is 1.16 bits per heavy atom. The standard InChI is InChI=1S/C61H67B2N6O6Si.C2HF3O2/c1-7-59(70)68-31-27-66(28-32-68)45-22-25-50-57(36-45)76(5,6)58-37-46(67-29-33-69(34-30-67)60(71)8-2)23-26-51(58)61(50)42-21-24-49-52(35-42)54(41-65(4)39-44-16-10-14-20-56(44)63(74)75)48-18-12-11-17-47(48)53(49)40-64(3)38-43-15-9-13-19-55(43)62(72)73;3-2(4,5)1(6)7/h7-26,35-37,72-75H,1-2,27-34,38-41H2,3-6H3;(H,6,7)/q+1;/p-1. The van der Waals surface area contributed by atoms with Crippen LogP contribution in [0.1, 0.15) is 33.4 Å². The second-order valence-electron chi connectivity index (χ2n) is 22.0. The smallest absolute Gasteiger partial charge is 0.488 e. The van der Waals surface area contributed by atoms with E-state index >= 15 is 0 Å². The van der Waals surface area contributed by atoms with E-state index in [9.17, 15) is 42.9 Å². The van der Waals surface area contributed by atoms with E-state index in [0.29, 0.717) is 63.3 Å². The third-order valence-corrected chi connectivity index (χ3v) is 19.8. The van der Waals surface area contributed by atoms with Gasteiger partial charge in [0, 0.05) is 70.2 Å². The van der Waals surface area contributed by atoms with Crippen LogP contribution in [0.2, 0.25) is 13.1 Å². The van der Waals surface area contributed by atoms with E-state index in [-0.39, 0.29) is 11.8 Å². The molecule has 0 saturated carbocycles. The van der Waals surface area contributed by atoms with Crippen molar-refractivity contribution in [3.63, 3.8) is 0 Å². The van der Waals surface area contributed by atoms with Gasteiger partial charge in [-0.1, -0.05) is 117 Å². The van der Waals surface area contributed by atoms with Gasteiger partial charge in [-0.3, -0.25) is 19.4 Å². The minimum atomic E-state index is -5.19. The van der Waals surface area contributed by atoms with Crippen molar-refractivity contribution in [2.45, 2.75) is 45.4 Å². The summed E-state index contributed by atoms with van der Waals surface area (Å²) in [5.74, 6) is -3.08. The summed E-state index contributed by atoms with van der Waals surface area (Å²) in [5.41, 5.74) is 12.0. The number of carbonyl (C=O) groups is 3. The molecule has 0 spiro atoms. The number of anilines is 1. The molecule has 1 aliphatic carbocycles. The highest BCUT2D eigenvalue weighted by molar-refractivity contribution is 6.98. The van der Waals surface area contributed by atoms with Gasteiger partial charge >= 0.3 is 20.4 Å². The van der Waals surface area contributed by atoms with Crippen LogP contribution in [0.15, 0.2) is 164 Å². The number of hydrogen-bond donors (Lipinski definition) is 4. The minimum absolute atomic E-state index is 0.0345. The molecular weight excluding hydrogens is 1080 g/mol. The van der Waals surface area contributed by atoms with E-state index in [1.807, 2.05) is 46.2 Å². The Morgan fingerprint density at radius 1 is 0.663 bits per heavy atom. The Balaban J connectivity index is 0.00000111. The van der Waals surface area contributed by atoms with Crippen LogP contribution in [-0.2, 0) is 40.6 Å². The van der Waals surface area contributed by atoms with E-state index in [4.69, 9.17) is 9.90 Å². The lowest BCUT2D eigenvalue weighted by atomic mass is 9.77. The molecule has 6 aromatic carbocycles. The van der Waals surface area contributed by atoms with Gasteiger partial charge in [0.05, 0.1) is 13.1 Å². The van der Waals surface area contributed by atoms with Crippen LogP contribution in [0.5, 0.6) is 0 Å². The molecule has 4 aliphatic rings. The third kappa shape index (κ3) is 12.8. The van der Waals surface area contributed by atoms with Crippen molar-refractivity contribution >= 4 is 94.7 Å². The number of fused-ring (bicyclic) bond motifs is 4. The van der Waals surface area contributed by atoms with Gasteiger partial charge in [-0.15, -0.1) is 0 Å². The number of carboxylic acid groups (broad SMARTS) is 1. The van der Waals surface area contributed by atoms with Gasteiger partial charge in [0.15, 0.2) is 18.8 Å². The quantitative estimate of drug-likeness (QED) is 0.0538. The molecule has 10 rings (SSSR count). The molecule has 0 unspecified atom stereocenters. The number of amides is 2. The maximum Gasteiger partial charge on any atom is 0.488 e. The van der Waals surface area contributed by atoms with E-state index < -0.39 is 34.5 Å². The minimum Gasteiger partial charge on any atom is -0.542 e. The van der Waals surface area contributed by atoms with Gasteiger partial charge in [-0.2, -0.15) is 13.2 Å². The zero-order chi connectivity index (χ0) is 59.5. The van der Waals surface area contributed by atoms with Crippen molar-refractivity contribution in [1.29, 1.82) is 0 Å². The zero-order valence-corrected chi connectivity index (χ0v) is 48.1. The first kappa shape index (κ1) is 59.9. The first-order valence-corrected chi connectivity index (χ1v) is 30.6. The topological polar surface area (TPSA) is 174 Å². The molecule has 0 radical (unpaired) electrons. The average molecular weight is 1140 g/mol. The number of piperazine rings is 2. The summed E-state index contributed by atoms with van der Waals surface area (Å²) < 4.78 is 34.0. The number of carboxylic acids is 1. The van der Waals surface area contributed by atoms with Crippen molar-refractivity contribution in [3.8, 4) is 0 Å². The normalized spacial score (nSPS) is 15.9. The van der Waals surface area contributed by atoms with Crippen LogP contribution in [0.4, 0.5) is 18.9 Å². The monoisotopic (exact) mass is 1140 g/mol. The number of alkyl halides is 3. The number of halogens is 3. The van der Waals surface area contributed by atoms with Crippen LogP contribution in [0.3, 0.4) is 0 Å². The summed E-state index contributed by atoms with van der Waals surface area (Å²) >= 11 is 0. The van der Waals surface area contributed by atoms with Gasteiger partial charge < -0.3 is 44.7 Å². The molecule has 6 aromatic rings. The van der Waals surface area contributed by atoms with E-state index in [1.54, 1.807) is 12.1 Å². The van der Waals surface area contributed by atoms with E-state index in [1.165, 1.54) is 44.8 Å². The lowest BCUT2D eigenvalue weighted by Gasteiger charge is -2.40. The lowest BCUT2D eigenvalue weighted by Crippen LogP contribution is -2.51. The van der Waals surface area contributed by atoms with Crippen molar-refractivity contribution in [2.75, 3.05) is 71.4 Å². The molecule has 428 valence electrons. The fourth-order valence-electron chi connectivity index (χ4n) is 12.1. The SMILES string of the molecule is C=CC(=O)N1CCN(c2ccc3c(c2)[Si](C)(C)C2=CC(=[N+]4CCN(C(=O)C=C)CC4)C=CC2=C3c2ccc3c(CN(C)Cc4ccccc4B(O)O)c4ccccc4c(CN(C)Cc4ccccc4B(O)O)c3c2)CC1.O=C([O-])C(F)(F)F. The van der Waals surface area contributed by atoms with Crippen LogP contribution in [0.25, 0.3) is 27.1 Å². The van der Waals surface area contributed by atoms with Gasteiger partial charge in [0.2, 0.25) is 11.8 Å². The molecule has 0 aromatic heterocycles. The predicted molar refractivity (Wildman–Crippen MR) is 323 cm³/mol. The molecule has 20 heteroatoms. The van der Waals surface area contributed by atoms with Crippen LogP contribution >= 0.6 is 0 Å². The van der Waals surface area contributed by atoms with Gasteiger partial charge in [-0.05, 0) is 138 Å². The Kier molecular flexibility index (Phi) is 18.1. The van der Waals surface area contributed by atoms with Crippen molar-refractivity contribution < 1.29 is 57.3 Å². The molecule has 14 nitrogen and oxygen atoms in total. The largest absolute Gasteiger partial charge is 0.542 e. The highest BCUT2D eigenvalue weighted by Gasteiger charge is 2.41. The maximum atomic E-state index is 12.6. The van der Waals surface area contributed by atoms with Gasteiger partial charge in [-0.25, -0.2) is 4.58 Å². The van der Waals surface area contributed by atoms with Crippen LogP contribution in [0, 0.1) is 0 Å². The summed E-state index contributed by atoms with van der Waals surface area (Å²) in [5, 5.41) is 57.3. The van der Waals surface area contributed by atoms with Gasteiger partial charge in [0.1, 0.15) is 14.0 Å². The molecule has 3 heterocycles. The first-order chi connectivity index (χ1) is 39.6. The van der Waals surface area contributed by atoms with E-state index in [0.717, 1.165) is 81.4 Å². The Labute approximate surface area is 483 Å². The van der Waals surface area contributed by atoms with Crippen LogP contribution in [-0.4, -0.2) is 163 Å². The summed E-state index contributed by atoms with van der Waals surface area (Å²) in [6, 6.07) is 37.6. The van der Waals surface area contributed by atoms with Crippen molar-refractivity contribution in [3.05, 3.63) is 197 Å². The third-order valence-electron chi connectivity index (χ3n) is 16.3. The lowest BCUT2D eigenvalue weighted by molar-refractivity contribution is -0.536. The van der Waals surface area contributed by atoms with Gasteiger partial charge in [0.25, 0.3) is 0 Å². The molecule has 2 amide bonds. The fourth-order valence-corrected chi connectivity index (χ4v) is 15.2. The summed E-state index contributed by atoms with van der Waals surface area (Å²) in [4.78, 5) is 44.6. The highest BCUT2D eigenvalue weighted by Crippen LogP contribution is 2.44. The summed E-state index contributed by atoms with van der Waals surface area (Å²) in [7, 11) is -1.44. The fraction of sp³-hybridized carbons (Fsp3) is 0.270. The molecule has 2 fully saturated rings. The number of carbonyl (C=O) groups excluding carboxylic acids is 3. The molecule has 0 bridgehead atoms. The number of rotatable bonds is 14. The summed E-state index contributed by atoms with van der Waals surface area (Å²) in [6.45, 7) is 20.0. The second kappa shape index (κ2) is 25.0. The number of aliphatic carboxylic acids is 1. The Hall–Kier alpha value is -7.68. The molecule has 3 aliphatic heterocycles. The summed E-state index contributed by atoms with van der Waals surface area (Å²) in [6.07, 6.45) is 4.63. The number of allylic oxidation sites excluding steroid dienone is 5. The maximum absolute atomic E-state index is 12.6. The molecule has 0 atom stereocenters. The number of benzene rings is 6. The number of hydrogen-bond acceptors (Lipinski definition) is 11. The molecule has 2 saturated heterocycles.